The van der Waals surface area contributed by atoms with Gasteiger partial charge in [0.2, 0.25) is 0 Å². The first kappa shape index (κ1) is 14.9. The van der Waals surface area contributed by atoms with Crippen molar-refractivity contribution in [3.05, 3.63) is 62.5 Å². The lowest BCUT2D eigenvalue weighted by Gasteiger charge is -2.05. The number of ketones is 1. The highest BCUT2D eigenvalue weighted by atomic mass is 79.9. The lowest BCUT2D eigenvalue weighted by Crippen LogP contribution is -2.03. The molecule has 2 rings (SSSR count). The molecule has 1 nitrogen and oxygen atoms in total. The Balaban J connectivity index is 2.05. The molecule has 0 amide bonds. The molecule has 0 aliphatic carbocycles. The molecule has 5 heteroatoms. The molecule has 0 fully saturated rings. The van der Waals surface area contributed by atoms with Crippen molar-refractivity contribution in [1.82, 2.24) is 0 Å². The molecule has 0 aliphatic heterocycles. The Kier molecular flexibility index (Phi) is 5.34. The third-order valence-corrected chi connectivity index (χ3v) is 4.80. The van der Waals surface area contributed by atoms with Crippen LogP contribution in [0.5, 0.6) is 0 Å². The number of carbonyl (C=O) groups excluding carboxylic acids is 1. The summed E-state index contributed by atoms with van der Waals surface area (Å²) in [5.74, 6) is 0.308. The fraction of sp³-hybridized carbons (Fsp3) is 0.0714. The lowest BCUT2D eigenvalue weighted by atomic mass is 10.1. The standard InChI is InChI=1S/C14H9BrCl2OS/c15-9-4-6-10(7-5-9)19-8-13(18)11-2-1-3-12(16)14(11)17/h1-7H,8H2. The average Bonchev–Trinajstić information content (AvgIpc) is 2.41. The largest absolute Gasteiger partial charge is 0.293 e. The van der Waals surface area contributed by atoms with E-state index in [2.05, 4.69) is 15.9 Å². The Morgan fingerprint density at radius 1 is 1.11 bits per heavy atom. The van der Waals surface area contributed by atoms with Gasteiger partial charge in [-0.05, 0) is 36.4 Å². The zero-order valence-electron chi connectivity index (χ0n) is 9.70. The van der Waals surface area contributed by atoms with Gasteiger partial charge in [-0.3, -0.25) is 4.79 Å². The van der Waals surface area contributed by atoms with Crippen molar-refractivity contribution in [3.63, 3.8) is 0 Å². The van der Waals surface area contributed by atoms with Crippen LogP contribution in [0.1, 0.15) is 10.4 Å². The maximum atomic E-state index is 12.1. The summed E-state index contributed by atoms with van der Waals surface area (Å²) in [4.78, 5) is 13.1. The normalized spacial score (nSPS) is 10.5. The molecule has 19 heavy (non-hydrogen) atoms. The minimum absolute atomic E-state index is 0.0274. The van der Waals surface area contributed by atoms with Crippen molar-refractivity contribution in [3.8, 4) is 0 Å². The first-order valence-electron chi connectivity index (χ1n) is 5.43. The van der Waals surface area contributed by atoms with Gasteiger partial charge in [-0.25, -0.2) is 0 Å². The van der Waals surface area contributed by atoms with E-state index in [9.17, 15) is 4.79 Å². The zero-order chi connectivity index (χ0) is 13.8. The molecule has 2 aromatic rings. The van der Waals surface area contributed by atoms with Gasteiger partial charge in [-0.15, -0.1) is 11.8 Å². The van der Waals surface area contributed by atoms with Gasteiger partial charge in [-0.1, -0.05) is 45.2 Å². The summed E-state index contributed by atoms with van der Waals surface area (Å²) in [5, 5.41) is 0.728. The van der Waals surface area contributed by atoms with E-state index in [1.807, 2.05) is 24.3 Å². The highest BCUT2D eigenvalue weighted by Crippen LogP contribution is 2.28. The van der Waals surface area contributed by atoms with Gasteiger partial charge in [0.1, 0.15) is 0 Å². The molecule has 0 unspecified atom stereocenters. The summed E-state index contributed by atoms with van der Waals surface area (Å²) in [6.45, 7) is 0. The number of hydrogen-bond acceptors (Lipinski definition) is 2. The van der Waals surface area contributed by atoms with Crippen LogP contribution >= 0.6 is 50.9 Å². The van der Waals surface area contributed by atoms with Crippen LogP contribution in [-0.2, 0) is 0 Å². The number of carbonyl (C=O) groups is 1. The molecule has 0 N–H and O–H groups in total. The molecule has 98 valence electrons. The van der Waals surface area contributed by atoms with E-state index in [1.165, 1.54) is 11.8 Å². The third-order valence-electron chi connectivity index (χ3n) is 2.44. The van der Waals surface area contributed by atoms with Crippen molar-refractivity contribution in [1.29, 1.82) is 0 Å². The minimum Gasteiger partial charge on any atom is -0.293 e. The lowest BCUT2D eigenvalue weighted by molar-refractivity contribution is 0.102. The van der Waals surface area contributed by atoms with E-state index in [4.69, 9.17) is 23.2 Å². The quantitative estimate of drug-likeness (QED) is 0.501. The third kappa shape index (κ3) is 3.99. The van der Waals surface area contributed by atoms with E-state index in [1.54, 1.807) is 18.2 Å². The Labute approximate surface area is 134 Å². The first-order valence-corrected chi connectivity index (χ1v) is 7.97. The molecular formula is C14H9BrCl2OS. The Morgan fingerprint density at radius 3 is 2.47 bits per heavy atom. The van der Waals surface area contributed by atoms with Crippen molar-refractivity contribution in [2.24, 2.45) is 0 Å². The zero-order valence-corrected chi connectivity index (χ0v) is 13.6. The Hall–Kier alpha value is -0.480. The Bertz CT molecular complexity index is 599. The van der Waals surface area contributed by atoms with Crippen LogP contribution in [0.15, 0.2) is 51.8 Å². The second-order valence-electron chi connectivity index (χ2n) is 3.77. The maximum Gasteiger partial charge on any atom is 0.174 e. The topological polar surface area (TPSA) is 17.1 Å². The van der Waals surface area contributed by atoms with Gasteiger partial charge in [-0.2, -0.15) is 0 Å². The fourth-order valence-corrected chi connectivity index (χ4v) is 2.93. The number of Topliss-reactive ketones (excluding diaryl/α,β-unsaturated/α-hetero) is 1. The monoisotopic (exact) mass is 374 g/mol. The van der Waals surface area contributed by atoms with E-state index >= 15 is 0 Å². The predicted molar refractivity (Wildman–Crippen MR) is 85.7 cm³/mol. The second-order valence-corrected chi connectivity index (χ2v) is 6.52. The Morgan fingerprint density at radius 2 is 1.79 bits per heavy atom. The van der Waals surface area contributed by atoms with Gasteiger partial charge in [0.05, 0.1) is 15.8 Å². The van der Waals surface area contributed by atoms with Gasteiger partial charge in [0.15, 0.2) is 5.78 Å². The molecule has 0 saturated heterocycles. The summed E-state index contributed by atoms with van der Waals surface area (Å²) in [5.41, 5.74) is 0.471. The molecule has 0 spiro atoms. The van der Waals surface area contributed by atoms with Crippen molar-refractivity contribution >= 4 is 56.7 Å². The van der Waals surface area contributed by atoms with Crippen LogP contribution in [0.25, 0.3) is 0 Å². The molecular weight excluding hydrogens is 367 g/mol. The van der Waals surface area contributed by atoms with Crippen LogP contribution in [-0.4, -0.2) is 11.5 Å². The molecule has 0 aliphatic rings. The van der Waals surface area contributed by atoms with Crippen LogP contribution in [0.3, 0.4) is 0 Å². The van der Waals surface area contributed by atoms with Crippen molar-refractivity contribution in [2.45, 2.75) is 4.90 Å². The molecule has 0 aromatic heterocycles. The van der Waals surface area contributed by atoms with Gasteiger partial charge < -0.3 is 0 Å². The minimum atomic E-state index is -0.0274. The van der Waals surface area contributed by atoms with E-state index in [0.717, 1.165) is 9.37 Å². The second kappa shape index (κ2) is 6.80. The number of rotatable bonds is 4. The average molecular weight is 376 g/mol. The number of halogens is 3. The first-order chi connectivity index (χ1) is 9.08. The number of thioether (sulfide) groups is 1. The van der Waals surface area contributed by atoms with Gasteiger partial charge in [0, 0.05) is 14.9 Å². The van der Waals surface area contributed by atoms with E-state index in [0.29, 0.717) is 21.4 Å². The number of hydrogen-bond donors (Lipinski definition) is 0. The molecule has 0 radical (unpaired) electrons. The molecule has 0 heterocycles. The maximum absolute atomic E-state index is 12.1. The van der Waals surface area contributed by atoms with Crippen LogP contribution in [0.4, 0.5) is 0 Å². The van der Waals surface area contributed by atoms with Gasteiger partial charge >= 0.3 is 0 Å². The SMILES string of the molecule is O=C(CSc1ccc(Br)cc1)c1cccc(Cl)c1Cl. The summed E-state index contributed by atoms with van der Waals surface area (Å²) < 4.78 is 1.01. The van der Waals surface area contributed by atoms with Crippen LogP contribution in [0.2, 0.25) is 10.0 Å². The smallest absolute Gasteiger partial charge is 0.174 e. The summed E-state index contributed by atoms with van der Waals surface area (Å²) in [6.07, 6.45) is 0. The fourth-order valence-electron chi connectivity index (χ4n) is 1.48. The number of benzene rings is 2. The van der Waals surface area contributed by atoms with Crippen molar-refractivity contribution < 1.29 is 4.79 Å². The molecule has 0 bridgehead atoms. The summed E-state index contributed by atoms with van der Waals surface area (Å²) >= 11 is 16.8. The molecule has 2 aromatic carbocycles. The van der Waals surface area contributed by atoms with Crippen LogP contribution in [0, 0.1) is 0 Å². The predicted octanol–water partition coefficient (Wildman–Crippen LogP) is 5.73. The summed E-state index contributed by atoms with van der Waals surface area (Å²) in [7, 11) is 0. The van der Waals surface area contributed by atoms with Gasteiger partial charge in [0.25, 0.3) is 0 Å². The van der Waals surface area contributed by atoms with E-state index < -0.39 is 0 Å². The van der Waals surface area contributed by atoms with Crippen molar-refractivity contribution in [2.75, 3.05) is 5.75 Å². The summed E-state index contributed by atoms with van der Waals surface area (Å²) in [6, 6.07) is 12.9. The highest BCUT2D eigenvalue weighted by Gasteiger charge is 2.12. The van der Waals surface area contributed by atoms with Crippen LogP contribution < -0.4 is 0 Å². The molecule has 0 saturated carbocycles. The molecule has 0 atom stereocenters. The highest BCUT2D eigenvalue weighted by molar-refractivity contribution is 9.10. The van der Waals surface area contributed by atoms with E-state index in [-0.39, 0.29) is 5.78 Å².